The summed E-state index contributed by atoms with van der Waals surface area (Å²) in [5.74, 6) is -1.53. The Morgan fingerprint density at radius 1 is 1.07 bits per heavy atom. The maximum Gasteiger partial charge on any atom is 0.312 e. The van der Waals surface area contributed by atoms with Gasteiger partial charge in [0.2, 0.25) is 11.8 Å². The number of amides is 2. The van der Waals surface area contributed by atoms with Gasteiger partial charge < -0.3 is 40.2 Å². The molecule has 2 aliphatic heterocycles. The van der Waals surface area contributed by atoms with Crippen molar-refractivity contribution < 1.29 is 48.7 Å². The summed E-state index contributed by atoms with van der Waals surface area (Å²) >= 11 is 0. The van der Waals surface area contributed by atoms with E-state index in [4.69, 9.17) is 14.2 Å². The van der Waals surface area contributed by atoms with Crippen molar-refractivity contribution in [3.8, 4) is 5.75 Å². The van der Waals surface area contributed by atoms with E-state index in [2.05, 4.69) is 15.5 Å². The first-order chi connectivity index (χ1) is 20.4. The van der Waals surface area contributed by atoms with Crippen molar-refractivity contribution in [1.82, 2.24) is 15.5 Å². The number of esters is 2. The average Bonchev–Trinajstić information content (AvgIpc) is 3.32. The Hall–Kier alpha value is -3.52. The van der Waals surface area contributed by atoms with Gasteiger partial charge >= 0.3 is 11.9 Å². The number of carbonyl (C=O) groups is 4. The van der Waals surface area contributed by atoms with Crippen LogP contribution in [0.5, 0.6) is 5.75 Å². The molecule has 0 aromatic heterocycles. The second kappa shape index (κ2) is 11.9. The summed E-state index contributed by atoms with van der Waals surface area (Å²) in [5, 5.41) is 34.0. The maximum absolute atomic E-state index is 13.4. The minimum absolute atomic E-state index is 0.00707. The lowest BCUT2D eigenvalue weighted by Gasteiger charge is -2.62. The number of rotatable bonds is 11. The van der Waals surface area contributed by atoms with Crippen molar-refractivity contribution in [1.29, 1.82) is 0 Å². The molecule has 1 aromatic carbocycles. The summed E-state index contributed by atoms with van der Waals surface area (Å²) in [5.41, 5.74) is 0.433. The van der Waals surface area contributed by atoms with Crippen molar-refractivity contribution >= 4 is 23.8 Å². The fourth-order valence-corrected chi connectivity index (χ4v) is 7.11. The smallest absolute Gasteiger partial charge is 0.312 e. The molecule has 6 atom stereocenters. The molecular formula is C30H39N3O10. The van der Waals surface area contributed by atoms with E-state index < -0.39 is 53.1 Å². The number of hydrogen-bond acceptors (Lipinski definition) is 11. The lowest BCUT2D eigenvalue weighted by Crippen LogP contribution is -2.75. The summed E-state index contributed by atoms with van der Waals surface area (Å²) in [6.07, 6.45) is -0.436. The van der Waals surface area contributed by atoms with Crippen LogP contribution in [0.25, 0.3) is 0 Å². The Bertz CT molecular complexity index is 1340. The fourth-order valence-electron chi connectivity index (χ4n) is 7.11. The number of piperidine rings is 1. The summed E-state index contributed by atoms with van der Waals surface area (Å²) in [4.78, 5) is 51.9. The van der Waals surface area contributed by atoms with Crippen LogP contribution in [0.3, 0.4) is 0 Å². The third kappa shape index (κ3) is 5.17. The molecule has 2 aliphatic carbocycles. The first-order valence-electron chi connectivity index (χ1n) is 14.6. The van der Waals surface area contributed by atoms with E-state index in [1.165, 1.54) is 13.8 Å². The van der Waals surface area contributed by atoms with Crippen molar-refractivity contribution in [2.45, 2.75) is 87.9 Å². The molecule has 2 bridgehead atoms. The number of aliphatic hydroxyl groups is 3. The Kier molecular flexibility index (Phi) is 8.54. The van der Waals surface area contributed by atoms with E-state index in [1.54, 1.807) is 6.08 Å². The summed E-state index contributed by atoms with van der Waals surface area (Å²) in [6.45, 7) is 3.02. The van der Waals surface area contributed by atoms with Gasteiger partial charge in [-0.3, -0.25) is 24.1 Å². The monoisotopic (exact) mass is 601 g/mol. The molecule has 13 heteroatoms. The third-order valence-corrected chi connectivity index (χ3v) is 9.13. The van der Waals surface area contributed by atoms with E-state index in [1.807, 2.05) is 19.2 Å². The van der Waals surface area contributed by atoms with Crippen molar-refractivity contribution in [2.75, 3.05) is 26.7 Å². The summed E-state index contributed by atoms with van der Waals surface area (Å²) < 4.78 is 18.9. The van der Waals surface area contributed by atoms with E-state index in [0.717, 1.165) is 11.1 Å². The summed E-state index contributed by atoms with van der Waals surface area (Å²) in [6, 6.07) is 3.56. The number of nitrogens with zero attached hydrogens (tertiary/aromatic N) is 1. The van der Waals surface area contributed by atoms with Crippen LogP contribution in [0.1, 0.15) is 56.2 Å². The van der Waals surface area contributed by atoms with Crippen LogP contribution in [0.15, 0.2) is 24.0 Å². The highest BCUT2D eigenvalue weighted by Gasteiger charge is 2.74. The van der Waals surface area contributed by atoms with Gasteiger partial charge in [-0.05, 0) is 51.9 Å². The Labute approximate surface area is 249 Å². The highest BCUT2D eigenvalue weighted by Crippen LogP contribution is 2.65. The third-order valence-electron chi connectivity index (χ3n) is 9.13. The van der Waals surface area contributed by atoms with E-state index in [-0.39, 0.29) is 50.8 Å². The van der Waals surface area contributed by atoms with Gasteiger partial charge in [0.1, 0.15) is 29.3 Å². The largest absolute Gasteiger partial charge is 0.481 e. The number of likely N-dealkylation sites (tertiary alicyclic amines) is 1. The predicted octanol–water partition coefficient (Wildman–Crippen LogP) is -0.675. The van der Waals surface area contributed by atoms with E-state index in [9.17, 15) is 34.5 Å². The van der Waals surface area contributed by atoms with Crippen molar-refractivity contribution in [2.24, 2.45) is 0 Å². The van der Waals surface area contributed by atoms with Gasteiger partial charge in [0.25, 0.3) is 0 Å². The first kappa shape index (κ1) is 30.9. The van der Waals surface area contributed by atoms with Gasteiger partial charge in [-0.25, -0.2) is 0 Å². The van der Waals surface area contributed by atoms with Crippen LogP contribution in [0, 0.1) is 0 Å². The van der Waals surface area contributed by atoms with Gasteiger partial charge in [-0.1, -0.05) is 12.1 Å². The number of benzene rings is 1. The molecule has 1 aromatic rings. The summed E-state index contributed by atoms with van der Waals surface area (Å²) in [7, 11) is 1.98. The number of likely N-dealkylation sites (N-methyl/N-ethyl adjacent to an activating group) is 1. The lowest BCUT2D eigenvalue weighted by atomic mass is 9.50. The molecule has 4 aliphatic rings. The molecule has 1 fully saturated rings. The molecule has 0 radical (unpaired) electrons. The normalized spacial score (nSPS) is 28.0. The van der Waals surface area contributed by atoms with Gasteiger partial charge in [-0.15, -0.1) is 0 Å². The zero-order valence-corrected chi connectivity index (χ0v) is 24.6. The van der Waals surface area contributed by atoms with E-state index in [0.29, 0.717) is 30.7 Å². The van der Waals surface area contributed by atoms with Gasteiger partial charge in [0, 0.05) is 30.6 Å². The Morgan fingerprint density at radius 2 is 1.72 bits per heavy atom. The van der Waals surface area contributed by atoms with Crippen LogP contribution < -0.4 is 15.4 Å². The molecule has 1 saturated heterocycles. The van der Waals surface area contributed by atoms with Crippen molar-refractivity contribution in [3.63, 3.8) is 0 Å². The molecule has 1 spiro atoms. The molecule has 2 amide bonds. The average molecular weight is 602 g/mol. The zero-order valence-electron chi connectivity index (χ0n) is 24.6. The van der Waals surface area contributed by atoms with E-state index >= 15 is 0 Å². The first-order valence-corrected chi connectivity index (χ1v) is 14.6. The zero-order chi connectivity index (χ0) is 31.1. The number of ether oxygens (including phenoxy) is 3. The second-order valence-electron chi connectivity index (χ2n) is 11.7. The van der Waals surface area contributed by atoms with Crippen LogP contribution in [0.2, 0.25) is 0 Å². The number of aliphatic hydroxyl groups excluding tert-OH is 3. The molecule has 2 unspecified atom stereocenters. The van der Waals surface area contributed by atoms with Crippen LogP contribution in [0.4, 0.5) is 0 Å². The van der Waals surface area contributed by atoms with Gasteiger partial charge in [0.15, 0.2) is 6.10 Å². The molecule has 5 rings (SSSR count). The van der Waals surface area contributed by atoms with Crippen molar-refractivity contribution in [3.05, 3.63) is 40.7 Å². The standard InChI is InChI=1S/C30H39N3O10/c1-16(35)27(39)31-11-7-22(37)41-20-6-9-30(43-23(38)8-12-32-28(40)17(2)36)21-14-18-4-5-19(15-34)25-24(18)29(30,26(20)42-25)10-13-33(21)3/h4-6,16-17,21,26,34-36H,7-15H2,1-3H3,(H,31,39)(H,32,40)/t16-,17-,21+,26?,29?,30+/m0/s1. The topological polar surface area (TPSA) is 184 Å². The number of hydrogen-bond donors (Lipinski definition) is 5. The lowest BCUT2D eigenvalue weighted by molar-refractivity contribution is -0.206. The minimum Gasteiger partial charge on any atom is -0.481 e. The highest BCUT2D eigenvalue weighted by molar-refractivity contribution is 5.81. The number of carbonyl (C=O) groups excluding carboxylic acids is 4. The quantitative estimate of drug-likeness (QED) is 0.203. The molecule has 43 heavy (non-hydrogen) atoms. The molecule has 0 saturated carbocycles. The van der Waals surface area contributed by atoms with Crippen LogP contribution >= 0.6 is 0 Å². The van der Waals surface area contributed by atoms with Gasteiger partial charge in [0.05, 0.1) is 30.9 Å². The maximum atomic E-state index is 13.4. The Balaban J connectivity index is 1.48. The predicted molar refractivity (Wildman–Crippen MR) is 149 cm³/mol. The number of nitrogens with one attached hydrogen (secondary N) is 2. The molecular weight excluding hydrogens is 562 g/mol. The molecule has 5 N–H and O–H groups in total. The molecule has 234 valence electrons. The highest BCUT2D eigenvalue weighted by atomic mass is 16.6. The van der Waals surface area contributed by atoms with Gasteiger partial charge in [-0.2, -0.15) is 0 Å². The molecule has 2 heterocycles. The minimum atomic E-state index is -1.20. The van der Waals surface area contributed by atoms with Crippen LogP contribution in [-0.4, -0.2) is 101 Å². The SMILES string of the molecule is C[C@H](O)C(=O)NCCC(=O)OC1=CC[C@@]2(OC(=O)CCNC(=O)[C@H](C)O)[C@H]3Cc4ccc(CO)c5c4C2(CCN3C)C1O5. The fraction of sp³-hybridized carbons (Fsp3) is 0.600. The Morgan fingerprint density at radius 3 is 2.35 bits per heavy atom. The second-order valence-corrected chi connectivity index (χ2v) is 11.7. The van der Waals surface area contributed by atoms with Crippen LogP contribution in [-0.2, 0) is 47.1 Å². The molecule has 13 nitrogen and oxygen atoms in total.